The van der Waals surface area contributed by atoms with Crippen LogP contribution < -0.4 is 4.74 Å². The van der Waals surface area contributed by atoms with E-state index in [9.17, 15) is 19.7 Å². The summed E-state index contributed by atoms with van der Waals surface area (Å²) < 4.78 is 14.7. The van der Waals surface area contributed by atoms with Crippen LogP contribution in [-0.2, 0) is 20.9 Å². The Kier molecular flexibility index (Phi) is 6.98. The van der Waals surface area contributed by atoms with Gasteiger partial charge in [0.1, 0.15) is 12.2 Å². The Labute approximate surface area is 163 Å². The van der Waals surface area contributed by atoms with Gasteiger partial charge in [0.25, 0.3) is 0 Å². The van der Waals surface area contributed by atoms with Crippen LogP contribution in [0.2, 0.25) is 10.0 Å². The Morgan fingerprint density at radius 1 is 1.11 bits per heavy atom. The Bertz CT molecular complexity index is 868. The number of carbonyl (C=O) groups excluding carboxylic acids is 2. The Morgan fingerprint density at radius 2 is 1.78 bits per heavy atom. The third-order valence-corrected chi connectivity index (χ3v) is 3.77. The van der Waals surface area contributed by atoms with E-state index in [1.165, 1.54) is 0 Å². The third-order valence-electron chi connectivity index (χ3n) is 3.30. The summed E-state index contributed by atoms with van der Waals surface area (Å²) in [5, 5.41) is 11.7. The number of nitro benzene ring substituents is 1. The van der Waals surface area contributed by atoms with Gasteiger partial charge in [0, 0.05) is 16.1 Å². The van der Waals surface area contributed by atoms with Crippen LogP contribution in [0.1, 0.15) is 15.9 Å². The van der Waals surface area contributed by atoms with Crippen molar-refractivity contribution in [1.82, 2.24) is 0 Å². The summed E-state index contributed by atoms with van der Waals surface area (Å²) in [5.41, 5.74) is -0.210. The lowest BCUT2D eigenvalue weighted by molar-refractivity contribution is -0.385. The van der Waals surface area contributed by atoms with Crippen molar-refractivity contribution in [2.45, 2.75) is 6.61 Å². The molecule has 0 aliphatic carbocycles. The summed E-state index contributed by atoms with van der Waals surface area (Å²) >= 11 is 11.6. The van der Waals surface area contributed by atoms with Crippen LogP contribution >= 0.6 is 23.2 Å². The van der Waals surface area contributed by atoms with E-state index in [2.05, 4.69) is 4.74 Å². The standard InChI is InChI=1S/C17H13Cl2NO7/c1-25-15(21)9-26-16-13(6-12(19)7-14(16)20(23)24)17(22)27-8-10-2-4-11(18)5-3-10/h2-7H,8-9H2,1H3. The molecule has 2 aromatic carbocycles. The molecule has 8 nitrogen and oxygen atoms in total. The minimum Gasteiger partial charge on any atom is -0.474 e. The number of esters is 2. The smallest absolute Gasteiger partial charge is 0.343 e. The van der Waals surface area contributed by atoms with E-state index < -0.39 is 34.9 Å². The van der Waals surface area contributed by atoms with Crippen molar-refractivity contribution >= 4 is 40.8 Å². The molecule has 0 aliphatic rings. The maximum atomic E-state index is 12.4. The van der Waals surface area contributed by atoms with Gasteiger partial charge >= 0.3 is 17.6 Å². The molecule has 0 atom stereocenters. The molecule has 0 bridgehead atoms. The highest BCUT2D eigenvalue weighted by Crippen LogP contribution is 2.35. The number of halogens is 2. The number of nitro groups is 1. The second kappa shape index (κ2) is 9.20. The van der Waals surface area contributed by atoms with Gasteiger partial charge in [-0.2, -0.15) is 0 Å². The summed E-state index contributed by atoms with van der Waals surface area (Å²) in [6, 6.07) is 8.73. The zero-order chi connectivity index (χ0) is 20.0. The maximum absolute atomic E-state index is 12.4. The molecule has 0 saturated heterocycles. The molecule has 0 aliphatic heterocycles. The first-order valence-corrected chi connectivity index (χ1v) is 8.16. The Balaban J connectivity index is 2.28. The second-order valence-corrected chi connectivity index (χ2v) is 6.00. The average Bonchev–Trinajstić information content (AvgIpc) is 2.65. The fourth-order valence-electron chi connectivity index (χ4n) is 2.02. The van der Waals surface area contributed by atoms with Gasteiger partial charge in [-0.3, -0.25) is 10.1 Å². The lowest BCUT2D eigenvalue weighted by Gasteiger charge is -2.12. The lowest BCUT2D eigenvalue weighted by Crippen LogP contribution is -2.16. The minimum atomic E-state index is -0.907. The van der Waals surface area contributed by atoms with Gasteiger partial charge in [-0.25, -0.2) is 9.59 Å². The van der Waals surface area contributed by atoms with Gasteiger partial charge in [-0.15, -0.1) is 0 Å². The molecular weight excluding hydrogens is 401 g/mol. The highest BCUT2D eigenvalue weighted by atomic mass is 35.5. The highest BCUT2D eigenvalue weighted by molar-refractivity contribution is 6.31. The molecule has 0 N–H and O–H groups in total. The van der Waals surface area contributed by atoms with Gasteiger partial charge < -0.3 is 14.2 Å². The van der Waals surface area contributed by atoms with E-state index in [0.29, 0.717) is 10.6 Å². The molecule has 0 unspecified atom stereocenters. The predicted molar refractivity (Wildman–Crippen MR) is 96.2 cm³/mol. The highest BCUT2D eigenvalue weighted by Gasteiger charge is 2.27. The molecule has 0 aromatic heterocycles. The van der Waals surface area contributed by atoms with E-state index in [1.54, 1.807) is 24.3 Å². The number of carbonyl (C=O) groups is 2. The molecule has 10 heteroatoms. The largest absolute Gasteiger partial charge is 0.474 e. The average molecular weight is 414 g/mol. The SMILES string of the molecule is COC(=O)COc1c(C(=O)OCc2ccc(Cl)cc2)cc(Cl)cc1[N+](=O)[O-]. The summed E-state index contributed by atoms with van der Waals surface area (Å²) in [6.07, 6.45) is 0. The molecular formula is C17H13Cl2NO7. The number of benzene rings is 2. The number of methoxy groups -OCH3 is 1. The molecule has 0 radical (unpaired) electrons. The van der Waals surface area contributed by atoms with Crippen LogP contribution in [0.15, 0.2) is 36.4 Å². The summed E-state index contributed by atoms with van der Waals surface area (Å²) in [4.78, 5) is 34.2. The van der Waals surface area contributed by atoms with Crippen LogP contribution in [0.4, 0.5) is 5.69 Å². The molecule has 142 valence electrons. The number of rotatable bonds is 7. The van der Waals surface area contributed by atoms with Crippen molar-refractivity contribution in [2.75, 3.05) is 13.7 Å². The maximum Gasteiger partial charge on any atom is 0.343 e. The quantitative estimate of drug-likeness (QED) is 0.385. The normalized spacial score (nSPS) is 10.2. The van der Waals surface area contributed by atoms with Crippen molar-refractivity contribution < 1.29 is 28.7 Å². The van der Waals surface area contributed by atoms with Gasteiger partial charge in [0.05, 0.1) is 12.0 Å². The molecule has 0 saturated carbocycles. The summed E-state index contributed by atoms with van der Waals surface area (Å²) in [7, 11) is 1.13. The van der Waals surface area contributed by atoms with Crippen molar-refractivity contribution in [2.24, 2.45) is 0 Å². The van der Waals surface area contributed by atoms with Crippen LogP contribution in [0, 0.1) is 10.1 Å². The minimum absolute atomic E-state index is 0.0643. The number of hydrogen-bond acceptors (Lipinski definition) is 7. The van der Waals surface area contributed by atoms with Gasteiger partial charge in [-0.05, 0) is 23.8 Å². The van der Waals surface area contributed by atoms with Gasteiger partial charge in [0.2, 0.25) is 5.75 Å². The van der Waals surface area contributed by atoms with E-state index in [1.807, 2.05) is 0 Å². The monoisotopic (exact) mass is 413 g/mol. The first-order valence-electron chi connectivity index (χ1n) is 7.41. The molecule has 0 fully saturated rings. The molecule has 2 aromatic rings. The zero-order valence-corrected chi connectivity index (χ0v) is 15.5. The second-order valence-electron chi connectivity index (χ2n) is 5.13. The summed E-state index contributed by atoms with van der Waals surface area (Å²) in [6.45, 7) is -0.733. The molecule has 2 rings (SSSR count). The topological polar surface area (TPSA) is 105 Å². The van der Waals surface area contributed by atoms with E-state index in [0.717, 1.165) is 19.2 Å². The van der Waals surface area contributed by atoms with Gasteiger partial charge in [0.15, 0.2) is 6.61 Å². The van der Waals surface area contributed by atoms with Crippen molar-refractivity contribution in [3.8, 4) is 5.75 Å². The molecule has 0 amide bonds. The zero-order valence-electron chi connectivity index (χ0n) is 13.9. The Hall–Kier alpha value is -2.84. The first-order chi connectivity index (χ1) is 12.8. The number of nitrogens with zero attached hydrogens (tertiary/aromatic N) is 1. The van der Waals surface area contributed by atoms with Crippen molar-refractivity contribution in [3.63, 3.8) is 0 Å². The van der Waals surface area contributed by atoms with E-state index in [4.69, 9.17) is 32.7 Å². The first kappa shape index (κ1) is 20.5. The van der Waals surface area contributed by atoms with Crippen LogP contribution in [0.25, 0.3) is 0 Å². The van der Waals surface area contributed by atoms with Crippen LogP contribution in [0.5, 0.6) is 5.75 Å². The molecule has 0 heterocycles. The molecule has 27 heavy (non-hydrogen) atoms. The third kappa shape index (κ3) is 5.57. The lowest BCUT2D eigenvalue weighted by atomic mass is 10.1. The predicted octanol–water partition coefficient (Wildman–Crippen LogP) is 3.81. The number of ether oxygens (including phenoxy) is 3. The summed E-state index contributed by atoms with van der Waals surface area (Å²) in [5.74, 6) is -2.12. The Morgan fingerprint density at radius 3 is 2.37 bits per heavy atom. The van der Waals surface area contributed by atoms with Crippen LogP contribution in [-0.4, -0.2) is 30.6 Å². The fourth-order valence-corrected chi connectivity index (χ4v) is 2.35. The fraction of sp³-hybridized carbons (Fsp3) is 0.176. The van der Waals surface area contributed by atoms with Crippen molar-refractivity contribution in [1.29, 1.82) is 0 Å². The van der Waals surface area contributed by atoms with Crippen LogP contribution in [0.3, 0.4) is 0 Å². The van der Waals surface area contributed by atoms with E-state index in [-0.39, 0.29) is 17.2 Å². The van der Waals surface area contributed by atoms with Gasteiger partial charge in [-0.1, -0.05) is 35.3 Å². The number of hydrogen-bond donors (Lipinski definition) is 0. The molecule has 0 spiro atoms. The van der Waals surface area contributed by atoms with Crippen molar-refractivity contribution in [3.05, 3.63) is 67.7 Å². The van der Waals surface area contributed by atoms with E-state index >= 15 is 0 Å².